The van der Waals surface area contributed by atoms with Crippen molar-refractivity contribution in [3.8, 4) is 11.3 Å². The van der Waals surface area contributed by atoms with E-state index in [1.807, 2.05) is 31.2 Å². The van der Waals surface area contributed by atoms with Gasteiger partial charge < -0.3 is 28.3 Å². The molecule has 9 nitrogen and oxygen atoms in total. The Bertz CT molecular complexity index is 1390. The van der Waals surface area contributed by atoms with Crippen LogP contribution in [0.4, 0.5) is 11.4 Å². The first kappa shape index (κ1) is 22.4. The van der Waals surface area contributed by atoms with Gasteiger partial charge in [0.2, 0.25) is 5.76 Å². The van der Waals surface area contributed by atoms with E-state index in [2.05, 4.69) is 4.98 Å². The summed E-state index contributed by atoms with van der Waals surface area (Å²) in [7, 11) is 2.41. The van der Waals surface area contributed by atoms with Crippen molar-refractivity contribution in [2.75, 3.05) is 19.1 Å². The third kappa shape index (κ3) is 3.57. The number of esters is 2. The van der Waals surface area contributed by atoms with Crippen LogP contribution in [0, 0.1) is 6.92 Å². The molecule has 5 rings (SSSR count). The standard InChI is InChI=1S/C26H22N2O7/c1-14-7-9-15(10-8-14)28-20(18-6-4-5-11-27-18)22(29)16-12-34-13-17(16)23-21(28)19(25(30)32-2)24(35-23)26(31)33-3/h4-13,20,22,29H,1-3H3/t20-,22+/m1/s1. The van der Waals surface area contributed by atoms with Crippen LogP contribution < -0.4 is 4.90 Å². The SMILES string of the molecule is COC(=O)c1oc2c(c1C(=O)OC)N(c1ccc(C)cc1)[C@H](c1ccccn1)[C@@H](O)c1cocc1-2. The Morgan fingerprint density at radius 3 is 2.43 bits per heavy atom. The van der Waals surface area contributed by atoms with Crippen LogP contribution in [-0.4, -0.2) is 36.2 Å². The topological polar surface area (TPSA) is 115 Å². The summed E-state index contributed by atoms with van der Waals surface area (Å²) in [6.45, 7) is 1.95. The second-order valence-electron chi connectivity index (χ2n) is 8.06. The number of hydrogen-bond donors (Lipinski definition) is 1. The number of carbonyl (C=O) groups excluding carboxylic acids is 2. The smallest absolute Gasteiger partial charge is 0.374 e. The van der Waals surface area contributed by atoms with Gasteiger partial charge in [0.25, 0.3) is 0 Å². The fraction of sp³-hybridized carbons (Fsp3) is 0.192. The van der Waals surface area contributed by atoms with Gasteiger partial charge in [-0.2, -0.15) is 0 Å². The van der Waals surface area contributed by atoms with E-state index < -0.39 is 24.1 Å². The summed E-state index contributed by atoms with van der Waals surface area (Å²) >= 11 is 0. The first-order valence-electron chi connectivity index (χ1n) is 10.8. The molecule has 0 saturated carbocycles. The van der Waals surface area contributed by atoms with Crippen molar-refractivity contribution in [1.29, 1.82) is 0 Å². The monoisotopic (exact) mass is 474 g/mol. The maximum atomic E-state index is 13.1. The fourth-order valence-corrected chi connectivity index (χ4v) is 4.37. The highest BCUT2D eigenvalue weighted by Gasteiger charge is 2.45. The minimum Gasteiger partial charge on any atom is -0.471 e. The summed E-state index contributed by atoms with van der Waals surface area (Å²) < 4.78 is 21.3. The molecule has 0 spiro atoms. The van der Waals surface area contributed by atoms with Crippen molar-refractivity contribution in [3.05, 3.63) is 89.3 Å². The van der Waals surface area contributed by atoms with Crippen molar-refractivity contribution in [1.82, 2.24) is 4.98 Å². The lowest BCUT2D eigenvalue weighted by Gasteiger charge is -2.34. The first-order valence-corrected chi connectivity index (χ1v) is 10.8. The highest BCUT2D eigenvalue weighted by Crippen LogP contribution is 2.54. The molecule has 1 N–H and O–H groups in total. The Hall–Kier alpha value is -4.37. The zero-order chi connectivity index (χ0) is 24.7. The molecule has 9 heteroatoms. The van der Waals surface area contributed by atoms with E-state index in [1.165, 1.54) is 26.7 Å². The molecule has 1 aliphatic heterocycles. The quantitative estimate of drug-likeness (QED) is 0.419. The molecular weight excluding hydrogens is 452 g/mol. The van der Waals surface area contributed by atoms with Crippen LogP contribution in [0.2, 0.25) is 0 Å². The van der Waals surface area contributed by atoms with Crippen LogP contribution in [0.1, 0.15) is 49.9 Å². The lowest BCUT2D eigenvalue weighted by Crippen LogP contribution is -2.30. The lowest BCUT2D eigenvalue weighted by molar-refractivity contribution is 0.0529. The van der Waals surface area contributed by atoms with E-state index >= 15 is 0 Å². The van der Waals surface area contributed by atoms with E-state index in [4.69, 9.17) is 18.3 Å². The van der Waals surface area contributed by atoms with Crippen molar-refractivity contribution in [2.24, 2.45) is 0 Å². The van der Waals surface area contributed by atoms with Gasteiger partial charge in [-0.25, -0.2) is 9.59 Å². The molecule has 2 atom stereocenters. The van der Waals surface area contributed by atoms with Crippen molar-refractivity contribution in [3.63, 3.8) is 0 Å². The number of rotatable bonds is 4. The summed E-state index contributed by atoms with van der Waals surface area (Å²) in [5, 5.41) is 11.6. The maximum absolute atomic E-state index is 13.1. The normalized spacial score (nSPS) is 16.7. The molecule has 1 aromatic carbocycles. The van der Waals surface area contributed by atoms with Gasteiger partial charge in [-0.05, 0) is 31.2 Å². The summed E-state index contributed by atoms with van der Waals surface area (Å²) in [6.07, 6.45) is 3.30. The third-order valence-corrected chi connectivity index (χ3v) is 6.02. The van der Waals surface area contributed by atoms with Gasteiger partial charge >= 0.3 is 11.9 Å². The zero-order valence-electron chi connectivity index (χ0n) is 19.2. The first-order chi connectivity index (χ1) is 17.0. The number of ether oxygens (including phenoxy) is 2. The highest BCUT2D eigenvalue weighted by atomic mass is 16.5. The van der Waals surface area contributed by atoms with E-state index in [0.717, 1.165) is 5.56 Å². The fourth-order valence-electron chi connectivity index (χ4n) is 4.37. The van der Waals surface area contributed by atoms with Crippen LogP contribution in [0.25, 0.3) is 11.3 Å². The van der Waals surface area contributed by atoms with Crippen LogP contribution in [0.5, 0.6) is 0 Å². The number of nitrogens with zero attached hydrogens (tertiary/aromatic N) is 2. The molecule has 0 unspecified atom stereocenters. The summed E-state index contributed by atoms with van der Waals surface area (Å²) in [6, 6.07) is 12.1. The third-order valence-electron chi connectivity index (χ3n) is 6.02. The van der Waals surface area contributed by atoms with Gasteiger partial charge in [0.1, 0.15) is 29.7 Å². The second-order valence-corrected chi connectivity index (χ2v) is 8.06. The highest BCUT2D eigenvalue weighted by molar-refractivity contribution is 6.09. The van der Waals surface area contributed by atoms with E-state index in [-0.39, 0.29) is 22.8 Å². The molecular formula is C26H22N2O7. The molecule has 4 aromatic rings. The summed E-state index contributed by atoms with van der Waals surface area (Å²) in [4.78, 5) is 32.0. The van der Waals surface area contributed by atoms with Gasteiger partial charge in [0.15, 0.2) is 5.76 Å². The Labute approximate surface area is 200 Å². The van der Waals surface area contributed by atoms with Crippen LogP contribution in [0.15, 0.2) is 70.0 Å². The second kappa shape index (κ2) is 8.77. The van der Waals surface area contributed by atoms with Crippen LogP contribution >= 0.6 is 0 Å². The predicted molar refractivity (Wildman–Crippen MR) is 124 cm³/mol. The number of aromatic nitrogens is 1. The van der Waals surface area contributed by atoms with Crippen LogP contribution in [0.3, 0.4) is 0 Å². The zero-order valence-corrected chi connectivity index (χ0v) is 19.2. The Morgan fingerprint density at radius 2 is 1.77 bits per heavy atom. The summed E-state index contributed by atoms with van der Waals surface area (Å²) in [5.41, 5.74) is 3.09. The lowest BCUT2D eigenvalue weighted by atomic mass is 9.98. The average molecular weight is 474 g/mol. The molecule has 4 heterocycles. The van der Waals surface area contributed by atoms with E-state index in [0.29, 0.717) is 22.5 Å². The number of fused-ring (bicyclic) bond motifs is 3. The molecule has 0 amide bonds. The van der Waals surface area contributed by atoms with Crippen molar-refractivity contribution < 1.29 is 33.0 Å². The minimum absolute atomic E-state index is 0.128. The molecule has 0 saturated heterocycles. The summed E-state index contributed by atoms with van der Waals surface area (Å²) in [5.74, 6) is -1.80. The molecule has 0 aliphatic carbocycles. The number of benzene rings is 1. The number of methoxy groups -OCH3 is 2. The Morgan fingerprint density at radius 1 is 1.03 bits per heavy atom. The van der Waals surface area contributed by atoms with Gasteiger partial charge in [0, 0.05) is 17.4 Å². The largest absolute Gasteiger partial charge is 0.471 e. The molecule has 0 fully saturated rings. The number of pyridine rings is 1. The van der Waals surface area contributed by atoms with Crippen LogP contribution in [-0.2, 0) is 9.47 Å². The Kier molecular flexibility index (Phi) is 5.62. The molecule has 0 radical (unpaired) electrons. The number of aryl methyl sites for hydroxylation is 1. The molecule has 3 aromatic heterocycles. The van der Waals surface area contributed by atoms with Crippen molar-refractivity contribution >= 4 is 23.3 Å². The molecule has 178 valence electrons. The number of hydrogen-bond acceptors (Lipinski definition) is 9. The minimum atomic E-state index is -1.13. The molecule has 35 heavy (non-hydrogen) atoms. The van der Waals surface area contributed by atoms with Gasteiger partial charge in [0.05, 0.1) is 31.7 Å². The number of aliphatic hydroxyl groups excluding tert-OH is 1. The Balaban J connectivity index is 1.91. The molecule has 1 aliphatic rings. The predicted octanol–water partition coefficient (Wildman–Crippen LogP) is 4.74. The number of anilines is 2. The molecule has 0 bridgehead atoms. The van der Waals surface area contributed by atoms with Crippen molar-refractivity contribution in [2.45, 2.75) is 19.1 Å². The van der Waals surface area contributed by atoms with E-state index in [9.17, 15) is 14.7 Å². The number of aliphatic hydroxyl groups is 1. The number of furan rings is 2. The van der Waals surface area contributed by atoms with Gasteiger partial charge in [-0.1, -0.05) is 23.8 Å². The number of carbonyl (C=O) groups is 2. The maximum Gasteiger partial charge on any atom is 0.374 e. The van der Waals surface area contributed by atoms with E-state index in [1.54, 1.807) is 29.3 Å². The van der Waals surface area contributed by atoms with Gasteiger partial charge in [-0.3, -0.25) is 4.98 Å². The van der Waals surface area contributed by atoms with Gasteiger partial charge in [-0.15, -0.1) is 0 Å². The average Bonchev–Trinajstić information content (AvgIpc) is 3.50.